The first-order valence-corrected chi connectivity index (χ1v) is 10.8. The molecule has 1 N–H and O–H groups in total. The van der Waals surface area contributed by atoms with Crippen molar-refractivity contribution in [2.24, 2.45) is 0 Å². The molecule has 2 amide bonds. The lowest BCUT2D eigenvalue weighted by atomic mass is 10.1. The first kappa shape index (κ1) is 19.0. The van der Waals surface area contributed by atoms with E-state index in [0.717, 1.165) is 8.95 Å². The number of carbonyl (C=O) groups excluding carboxylic acids is 1. The van der Waals surface area contributed by atoms with Gasteiger partial charge in [0.25, 0.3) is 0 Å². The number of anilines is 2. The molecule has 8 heteroatoms. The number of urea groups is 1. The van der Waals surface area contributed by atoms with Gasteiger partial charge in [-0.25, -0.2) is 4.79 Å². The highest BCUT2D eigenvalue weighted by atomic mass is 79.9. The van der Waals surface area contributed by atoms with Crippen LogP contribution >= 0.6 is 54.8 Å². The van der Waals surface area contributed by atoms with E-state index < -0.39 is 5.72 Å². The molecule has 1 aliphatic heterocycles. The average Bonchev–Trinajstić information content (AvgIpc) is 3.19. The Kier molecular flexibility index (Phi) is 5.07. The fourth-order valence-electron chi connectivity index (χ4n) is 3.09. The Morgan fingerprint density at radius 1 is 0.926 bits per heavy atom. The number of thiophene rings is 1. The number of β-amino-alcohol motifs (C(OH)–C–C–N with tert-alkyl or cyclic N) is 1. The van der Waals surface area contributed by atoms with Gasteiger partial charge in [-0.05, 0) is 60.7 Å². The number of amides is 2. The monoisotopic (exact) mass is 526 g/mol. The van der Waals surface area contributed by atoms with Crippen molar-refractivity contribution in [1.82, 2.24) is 0 Å². The molecule has 1 aliphatic rings. The number of nitrogens with zero attached hydrogens (tertiary/aromatic N) is 2. The molecule has 4 nitrogen and oxygen atoms in total. The predicted molar refractivity (Wildman–Crippen MR) is 117 cm³/mol. The quantitative estimate of drug-likeness (QED) is 0.439. The molecule has 0 aliphatic carbocycles. The number of carbonyl (C=O) groups is 1. The second-order valence-electron chi connectivity index (χ2n) is 6.08. The second-order valence-corrected chi connectivity index (χ2v) is 9.62. The van der Waals surface area contributed by atoms with Gasteiger partial charge in [-0.3, -0.25) is 9.80 Å². The number of benzene rings is 2. The molecule has 4 rings (SSSR count). The van der Waals surface area contributed by atoms with Crippen LogP contribution in [0.5, 0.6) is 0 Å². The molecule has 1 unspecified atom stereocenters. The fourth-order valence-corrected chi connectivity index (χ4v) is 4.73. The number of hydrogen-bond donors (Lipinski definition) is 1. The Morgan fingerprint density at radius 3 is 2.00 bits per heavy atom. The highest BCUT2D eigenvalue weighted by Crippen LogP contribution is 2.43. The molecule has 1 fully saturated rings. The number of halogens is 3. The summed E-state index contributed by atoms with van der Waals surface area (Å²) in [5.41, 5.74) is -0.200. The van der Waals surface area contributed by atoms with Gasteiger partial charge in [-0.2, -0.15) is 0 Å². The topological polar surface area (TPSA) is 43.8 Å². The molecular formula is C19H13Br2ClN2O2S. The summed E-state index contributed by atoms with van der Waals surface area (Å²) in [6.45, 7) is 0.0976. The summed E-state index contributed by atoms with van der Waals surface area (Å²) < 4.78 is 2.37. The van der Waals surface area contributed by atoms with E-state index in [9.17, 15) is 9.90 Å². The Balaban J connectivity index is 1.82. The highest BCUT2D eigenvalue weighted by molar-refractivity contribution is 9.10. The van der Waals surface area contributed by atoms with Crippen molar-refractivity contribution >= 4 is 72.2 Å². The molecule has 0 radical (unpaired) electrons. The van der Waals surface area contributed by atoms with Crippen LogP contribution in [0.4, 0.5) is 16.2 Å². The molecular weight excluding hydrogens is 516 g/mol. The van der Waals surface area contributed by atoms with Crippen molar-refractivity contribution in [2.75, 3.05) is 16.3 Å². The zero-order chi connectivity index (χ0) is 19.2. The summed E-state index contributed by atoms with van der Waals surface area (Å²) in [4.78, 5) is 16.9. The van der Waals surface area contributed by atoms with Gasteiger partial charge in [0.2, 0.25) is 0 Å². The van der Waals surface area contributed by atoms with Gasteiger partial charge in [0, 0.05) is 20.3 Å². The highest BCUT2D eigenvalue weighted by Gasteiger charge is 2.52. The van der Waals surface area contributed by atoms with Gasteiger partial charge in [0.1, 0.15) is 0 Å². The van der Waals surface area contributed by atoms with E-state index in [0.29, 0.717) is 20.6 Å². The van der Waals surface area contributed by atoms with Crippen LogP contribution in [0.25, 0.3) is 0 Å². The molecule has 0 bridgehead atoms. The first-order chi connectivity index (χ1) is 12.9. The van der Waals surface area contributed by atoms with Crippen molar-refractivity contribution < 1.29 is 9.90 Å². The molecule has 1 saturated heterocycles. The lowest BCUT2D eigenvalue weighted by Gasteiger charge is -2.30. The standard InChI is InChI=1S/C19H13Br2ClN2O2S/c20-12-1-5-14(6-2-12)23-11-19(26,16-9-10-17(22)27-16)24(18(23)25)15-7-3-13(21)4-8-15/h1-10,26H,11H2. The van der Waals surface area contributed by atoms with E-state index in [2.05, 4.69) is 31.9 Å². The maximum atomic E-state index is 13.3. The molecule has 1 atom stereocenters. The van der Waals surface area contributed by atoms with Gasteiger partial charge < -0.3 is 5.11 Å². The molecule has 0 spiro atoms. The van der Waals surface area contributed by atoms with Gasteiger partial charge in [-0.1, -0.05) is 43.5 Å². The summed E-state index contributed by atoms with van der Waals surface area (Å²) in [6, 6.07) is 17.9. The maximum absolute atomic E-state index is 13.3. The van der Waals surface area contributed by atoms with Crippen LogP contribution in [0.1, 0.15) is 4.88 Å². The Bertz CT molecular complexity index is 994. The number of aliphatic hydroxyl groups is 1. The molecule has 0 saturated carbocycles. The van der Waals surface area contributed by atoms with Crippen LogP contribution in [0, 0.1) is 0 Å². The van der Waals surface area contributed by atoms with Crippen LogP contribution in [-0.2, 0) is 5.72 Å². The van der Waals surface area contributed by atoms with E-state index in [4.69, 9.17) is 11.6 Å². The summed E-state index contributed by atoms with van der Waals surface area (Å²) in [7, 11) is 0. The number of rotatable bonds is 3. The van der Waals surface area contributed by atoms with Crippen LogP contribution in [-0.4, -0.2) is 17.7 Å². The first-order valence-electron chi connectivity index (χ1n) is 7.99. The molecule has 138 valence electrons. The van der Waals surface area contributed by atoms with E-state index >= 15 is 0 Å². The van der Waals surface area contributed by atoms with E-state index in [-0.39, 0.29) is 12.6 Å². The van der Waals surface area contributed by atoms with Crippen molar-refractivity contribution in [2.45, 2.75) is 5.72 Å². The fraction of sp³-hybridized carbons (Fsp3) is 0.105. The Labute approximate surface area is 182 Å². The van der Waals surface area contributed by atoms with Crippen molar-refractivity contribution in [3.63, 3.8) is 0 Å². The average molecular weight is 529 g/mol. The normalized spacial score (nSPS) is 19.8. The minimum absolute atomic E-state index is 0.0976. The summed E-state index contributed by atoms with van der Waals surface area (Å²) >= 11 is 14.2. The van der Waals surface area contributed by atoms with Crippen LogP contribution in [0.3, 0.4) is 0 Å². The zero-order valence-electron chi connectivity index (χ0n) is 13.8. The lowest BCUT2D eigenvalue weighted by molar-refractivity contribution is 0.0694. The summed E-state index contributed by atoms with van der Waals surface area (Å²) in [5.74, 6) is 0. The van der Waals surface area contributed by atoms with Crippen LogP contribution < -0.4 is 9.80 Å². The molecule has 1 aromatic heterocycles. The van der Waals surface area contributed by atoms with Crippen molar-refractivity contribution in [3.8, 4) is 0 Å². The van der Waals surface area contributed by atoms with Gasteiger partial charge >= 0.3 is 6.03 Å². The third kappa shape index (κ3) is 3.43. The molecule has 3 aromatic rings. The maximum Gasteiger partial charge on any atom is 0.331 e. The third-order valence-electron chi connectivity index (χ3n) is 4.36. The van der Waals surface area contributed by atoms with Crippen molar-refractivity contribution in [3.05, 3.63) is 78.8 Å². The molecule has 2 heterocycles. The summed E-state index contributed by atoms with van der Waals surface area (Å²) in [5, 5.41) is 11.6. The van der Waals surface area contributed by atoms with E-state index in [1.165, 1.54) is 16.2 Å². The van der Waals surface area contributed by atoms with Gasteiger partial charge in [-0.15, -0.1) is 11.3 Å². The third-order valence-corrected chi connectivity index (χ3v) is 6.79. The largest absolute Gasteiger partial charge is 0.364 e. The van der Waals surface area contributed by atoms with Crippen LogP contribution in [0.2, 0.25) is 4.34 Å². The SMILES string of the molecule is O=C1N(c2ccc(Br)cc2)CC(O)(c2ccc(Cl)s2)N1c1ccc(Br)cc1. The lowest BCUT2D eigenvalue weighted by Crippen LogP contribution is -2.44. The molecule has 27 heavy (non-hydrogen) atoms. The number of hydrogen-bond acceptors (Lipinski definition) is 3. The Hall–Kier alpha value is -1.38. The van der Waals surface area contributed by atoms with E-state index in [1.54, 1.807) is 29.2 Å². The van der Waals surface area contributed by atoms with Gasteiger partial charge in [0.05, 0.1) is 15.8 Å². The van der Waals surface area contributed by atoms with Gasteiger partial charge in [0.15, 0.2) is 5.72 Å². The minimum Gasteiger partial charge on any atom is -0.364 e. The van der Waals surface area contributed by atoms with E-state index in [1.807, 2.05) is 36.4 Å². The summed E-state index contributed by atoms with van der Waals surface area (Å²) in [6.07, 6.45) is 0. The zero-order valence-corrected chi connectivity index (χ0v) is 18.5. The Morgan fingerprint density at radius 2 is 1.48 bits per heavy atom. The van der Waals surface area contributed by atoms with Crippen LogP contribution in [0.15, 0.2) is 69.6 Å². The smallest absolute Gasteiger partial charge is 0.331 e. The molecule has 2 aromatic carbocycles. The minimum atomic E-state index is -1.52. The van der Waals surface area contributed by atoms with Crippen molar-refractivity contribution in [1.29, 1.82) is 0 Å². The predicted octanol–water partition coefficient (Wildman–Crippen LogP) is 6.22. The second kappa shape index (κ2) is 7.22.